The van der Waals surface area contributed by atoms with Gasteiger partial charge in [-0.05, 0) is 53.4 Å². The third kappa shape index (κ3) is 4.12. The summed E-state index contributed by atoms with van der Waals surface area (Å²) in [6.45, 7) is 15.7. The second-order valence-corrected chi connectivity index (χ2v) is 10.5. The number of rotatable bonds is 10. The second-order valence-electron chi connectivity index (χ2n) is 10.5. The Labute approximate surface area is 196 Å². The van der Waals surface area contributed by atoms with Gasteiger partial charge in [0.05, 0.1) is 18.1 Å². The van der Waals surface area contributed by atoms with Gasteiger partial charge in [0.25, 0.3) is 0 Å². The van der Waals surface area contributed by atoms with Crippen molar-refractivity contribution in [2.75, 3.05) is 26.3 Å². The fourth-order valence-corrected chi connectivity index (χ4v) is 5.85. The molecule has 3 saturated heterocycles. The van der Waals surface area contributed by atoms with Crippen molar-refractivity contribution >= 4 is 17.8 Å². The van der Waals surface area contributed by atoms with Gasteiger partial charge in [-0.15, -0.1) is 13.2 Å². The van der Waals surface area contributed by atoms with Crippen LogP contribution in [0.4, 0.5) is 0 Å². The molecule has 33 heavy (non-hydrogen) atoms. The maximum Gasteiger partial charge on any atom is 0.312 e. The Morgan fingerprint density at radius 3 is 2.58 bits per heavy atom. The molecule has 2 bridgehead atoms. The molecule has 0 aliphatic carbocycles. The smallest absolute Gasteiger partial charge is 0.312 e. The Morgan fingerprint density at radius 1 is 1.30 bits per heavy atom. The molecule has 0 aromatic carbocycles. The normalized spacial score (nSPS) is 32.6. The first-order valence-corrected chi connectivity index (χ1v) is 11.8. The molecule has 2 amide bonds. The van der Waals surface area contributed by atoms with Crippen molar-refractivity contribution in [1.29, 1.82) is 0 Å². The number of fused-ring (bicyclic) bond motifs is 1. The van der Waals surface area contributed by atoms with Crippen LogP contribution in [0.2, 0.25) is 0 Å². The van der Waals surface area contributed by atoms with Crippen molar-refractivity contribution in [3.63, 3.8) is 0 Å². The molecule has 0 aromatic heterocycles. The minimum atomic E-state index is -1.09. The summed E-state index contributed by atoms with van der Waals surface area (Å²) < 4.78 is 12.0. The summed E-state index contributed by atoms with van der Waals surface area (Å²) in [4.78, 5) is 44.2. The lowest BCUT2D eigenvalue weighted by Crippen LogP contribution is -2.60. The molecule has 5 atom stereocenters. The van der Waals surface area contributed by atoms with Crippen molar-refractivity contribution in [2.45, 2.75) is 76.2 Å². The van der Waals surface area contributed by atoms with Crippen LogP contribution in [-0.4, -0.2) is 81.8 Å². The van der Waals surface area contributed by atoms with E-state index in [0.29, 0.717) is 32.2 Å². The molecule has 3 aliphatic rings. The van der Waals surface area contributed by atoms with Gasteiger partial charge >= 0.3 is 5.97 Å². The molecular weight excluding hydrogens is 424 g/mol. The maximum absolute atomic E-state index is 14.0. The van der Waals surface area contributed by atoms with Gasteiger partial charge < -0.3 is 24.4 Å². The Hall–Kier alpha value is -2.19. The van der Waals surface area contributed by atoms with E-state index in [1.165, 1.54) is 4.90 Å². The van der Waals surface area contributed by atoms with Gasteiger partial charge in [0, 0.05) is 25.2 Å². The predicted octanol–water partition coefficient (Wildman–Crippen LogP) is 2.07. The number of amides is 2. The number of likely N-dealkylation sites (tertiary alicyclic amines) is 1. The van der Waals surface area contributed by atoms with E-state index >= 15 is 0 Å². The van der Waals surface area contributed by atoms with Crippen molar-refractivity contribution in [2.24, 2.45) is 11.8 Å². The second kappa shape index (κ2) is 9.22. The van der Waals surface area contributed by atoms with Crippen LogP contribution in [0.3, 0.4) is 0 Å². The number of carbonyl (C=O) groups excluding carboxylic acids is 3. The van der Waals surface area contributed by atoms with Crippen LogP contribution in [0.5, 0.6) is 0 Å². The highest BCUT2D eigenvalue weighted by Gasteiger charge is 2.78. The molecule has 0 radical (unpaired) electrons. The average molecular weight is 463 g/mol. The predicted molar refractivity (Wildman–Crippen MR) is 123 cm³/mol. The molecule has 8 heteroatoms. The Kier molecular flexibility index (Phi) is 7.10. The van der Waals surface area contributed by atoms with E-state index in [2.05, 4.69) is 13.2 Å². The standard InChI is InChI=1S/C25H38N2O6/c1-7-9-16-32-22(31)18-17-20(29)26(14-10-15-28)19(25(17)12-11-24(18,6)33-25)21(30)27(13-8-2)23(3,4)5/h7-8,17-19,28H,1-2,9-16H2,3-6H3/t17-,18+,19?,24-,25?/m0/s1. The van der Waals surface area contributed by atoms with Crippen molar-refractivity contribution in [3.8, 4) is 0 Å². The third-order valence-electron chi connectivity index (χ3n) is 7.28. The molecule has 0 aromatic rings. The van der Waals surface area contributed by atoms with E-state index in [1.807, 2.05) is 27.7 Å². The monoisotopic (exact) mass is 462 g/mol. The first-order valence-electron chi connectivity index (χ1n) is 11.8. The molecule has 3 heterocycles. The van der Waals surface area contributed by atoms with Crippen molar-refractivity contribution in [1.82, 2.24) is 9.80 Å². The lowest BCUT2D eigenvalue weighted by molar-refractivity contribution is -0.161. The maximum atomic E-state index is 14.0. The van der Waals surface area contributed by atoms with Crippen LogP contribution in [0.15, 0.2) is 25.3 Å². The number of hydrogen-bond acceptors (Lipinski definition) is 6. The number of hydrogen-bond donors (Lipinski definition) is 1. The molecule has 3 fully saturated rings. The van der Waals surface area contributed by atoms with E-state index in [9.17, 15) is 19.5 Å². The van der Waals surface area contributed by atoms with Gasteiger partial charge in [0.2, 0.25) is 11.8 Å². The molecule has 3 aliphatic heterocycles. The zero-order valence-corrected chi connectivity index (χ0v) is 20.3. The molecule has 3 rings (SSSR count). The average Bonchev–Trinajstić information content (AvgIpc) is 3.30. The highest BCUT2D eigenvalue weighted by atomic mass is 16.6. The number of carbonyl (C=O) groups is 3. The minimum absolute atomic E-state index is 0.108. The SMILES string of the molecule is C=CCCOC(=O)[C@H]1[C@H]2C(=O)N(CCCO)C(C(=O)N(CC=C)C(C)(C)C)C23CC[C@]1(C)O3. The Bertz CT molecular complexity index is 820. The van der Waals surface area contributed by atoms with E-state index in [4.69, 9.17) is 9.47 Å². The zero-order chi connectivity index (χ0) is 24.6. The lowest BCUT2D eigenvalue weighted by Gasteiger charge is -2.42. The molecule has 8 nitrogen and oxygen atoms in total. The van der Waals surface area contributed by atoms with E-state index < -0.39 is 40.6 Å². The Balaban J connectivity index is 2.04. The number of ether oxygens (including phenoxy) is 2. The highest BCUT2D eigenvalue weighted by molar-refractivity contribution is 5.98. The van der Waals surface area contributed by atoms with Crippen LogP contribution in [0.1, 0.15) is 53.4 Å². The van der Waals surface area contributed by atoms with Crippen LogP contribution >= 0.6 is 0 Å². The van der Waals surface area contributed by atoms with Gasteiger partial charge in [0.15, 0.2) is 0 Å². The van der Waals surface area contributed by atoms with Crippen LogP contribution in [0, 0.1) is 11.8 Å². The van der Waals surface area contributed by atoms with Gasteiger partial charge in [-0.2, -0.15) is 0 Å². The molecule has 2 unspecified atom stereocenters. The lowest BCUT2D eigenvalue weighted by atomic mass is 9.66. The quantitative estimate of drug-likeness (QED) is 0.303. The molecule has 184 valence electrons. The number of nitrogens with zero attached hydrogens (tertiary/aromatic N) is 2. The van der Waals surface area contributed by atoms with Gasteiger partial charge in [-0.25, -0.2) is 0 Å². The summed E-state index contributed by atoms with van der Waals surface area (Å²) >= 11 is 0. The fraction of sp³-hybridized carbons (Fsp3) is 0.720. The summed E-state index contributed by atoms with van der Waals surface area (Å²) in [5.41, 5.74) is -2.46. The van der Waals surface area contributed by atoms with Gasteiger partial charge in [-0.1, -0.05) is 12.2 Å². The van der Waals surface area contributed by atoms with Crippen LogP contribution < -0.4 is 0 Å². The largest absolute Gasteiger partial charge is 0.465 e. The number of aliphatic hydroxyl groups is 1. The Morgan fingerprint density at radius 2 is 2.00 bits per heavy atom. The van der Waals surface area contributed by atoms with E-state index in [-0.39, 0.29) is 31.6 Å². The molecule has 1 N–H and O–H groups in total. The zero-order valence-electron chi connectivity index (χ0n) is 20.3. The van der Waals surface area contributed by atoms with Crippen LogP contribution in [-0.2, 0) is 23.9 Å². The summed E-state index contributed by atoms with van der Waals surface area (Å²) in [5.74, 6) is -2.52. The highest BCUT2D eigenvalue weighted by Crippen LogP contribution is 2.63. The van der Waals surface area contributed by atoms with E-state index in [0.717, 1.165) is 0 Å². The topological polar surface area (TPSA) is 96.4 Å². The summed E-state index contributed by atoms with van der Waals surface area (Å²) in [6, 6.07) is -0.867. The van der Waals surface area contributed by atoms with Crippen LogP contribution in [0.25, 0.3) is 0 Å². The number of esters is 1. The first-order chi connectivity index (χ1) is 15.5. The summed E-state index contributed by atoms with van der Waals surface area (Å²) in [5, 5.41) is 9.43. The summed E-state index contributed by atoms with van der Waals surface area (Å²) in [6.07, 6.45) is 5.26. The first kappa shape index (κ1) is 25.4. The minimum Gasteiger partial charge on any atom is -0.465 e. The van der Waals surface area contributed by atoms with Crippen molar-refractivity contribution < 1.29 is 29.0 Å². The van der Waals surface area contributed by atoms with Gasteiger partial charge in [-0.3, -0.25) is 14.4 Å². The van der Waals surface area contributed by atoms with Crippen molar-refractivity contribution in [3.05, 3.63) is 25.3 Å². The summed E-state index contributed by atoms with van der Waals surface area (Å²) in [7, 11) is 0. The third-order valence-corrected chi connectivity index (χ3v) is 7.28. The molecule has 1 spiro atoms. The fourth-order valence-electron chi connectivity index (χ4n) is 5.85. The molecule has 0 saturated carbocycles. The van der Waals surface area contributed by atoms with E-state index in [1.54, 1.807) is 17.1 Å². The number of aliphatic hydroxyl groups excluding tert-OH is 1. The van der Waals surface area contributed by atoms with Gasteiger partial charge in [0.1, 0.15) is 17.6 Å². The molecular formula is C25H38N2O6.